The highest BCUT2D eigenvalue weighted by molar-refractivity contribution is 5.72. The third-order valence-corrected chi connectivity index (χ3v) is 6.07. The number of unbranched alkanes of at least 4 members (excludes halogenated alkanes) is 1. The first-order chi connectivity index (χ1) is 15.6. The number of nitrogens with one attached hydrogen (secondary N) is 1. The molecule has 1 atom stereocenters. The van der Waals surface area contributed by atoms with E-state index in [0.717, 1.165) is 62.3 Å². The average molecular weight is 440 g/mol. The molecule has 0 amide bonds. The van der Waals surface area contributed by atoms with Gasteiger partial charge in [-0.3, -0.25) is 14.0 Å². The summed E-state index contributed by atoms with van der Waals surface area (Å²) in [5.74, 6) is 1.35. The van der Waals surface area contributed by atoms with Crippen molar-refractivity contribution in [3.8, 4) is 5.75 Å². The lowest BCUT2D eigenvalue weighted by atomic mass is 10.2. The Morgan fingerprint density at radius 3 is 2.81 bits per heavy atom. The summed E-state index contributed by atoms with van der Waals surface area (Å²) >= 11 is 0. The number of methoxy groups -OCH3 is 1. The van der Waals surface area contributed by atoms with Crippen LogP contribution >= 0.6 is 0 Å². The van der Waals surface area contributed by atoms with Gasteiger partial charge in [0, 0.05) is 32.7 Å². The second-order valence-corrected chi connectivity index (χ2v) is 8.30. The number of anilines is 1. The van der Waals surface area contributed by atoms with E-state index < -0.39 is 0 Å². The van der Waals surface area contributed by atoms with E-state index in [2.05, 4.69) is 22.1 Å². The molecule has 3 N–H and O–H groups in total. The molecule has 9 nitrogen and oxygen atoms in total. The van der Waals surface area contributed by atoms with Gasteiger partial charge in [0.1, 0.15) is 11.3 Å². The third kappa shape index (κ3) is 4.63. The quantitative estimate of drug-likeness (QED) is 0.466. The highest BCUT2D eigenvalue weighted by Gasteiger charge is 2.28. The van der Waals surface area contributed by atoms with Crippen LogP contribution < -0.4 is 21.5 Å². The summed E-state index contributed by atoms with van der Waals surface area (Å²) in [4.78, 5) is 25.2. The molecule has 0 aliphatic carbocycles. The number of hydrogen-bond donors (Lipinski definition) is 2. The van der Waals surface area contributed by atoms with Gasteiger partial charge in [0.25, 0.3) is 0 Å². The number of nitrogens with zero attached hydrogens (tertiary/aromatic N) is 5. The number of rotatable bonds is 10. The Labute approximate surface area is 188 Å². The van der Waals surface area contributed by atoms with Gasteiger partial charge in [-0.15, -0.1) is 0 Å². The van der Waals surface area contributed by atoms with E-state index in [0.29, 0.717) is 24.7 Å². The van der Waals surface area contributed by atoms with E-state index in [1.54, 1.807) is 17.9 Å². The van der Waals surface area contributed by atoms with Crippen LogP contribution in [-0.4, -0.2) is 63.8 Å². The van der Waals surface area contributed by atoms with Crippen molar-refractivity contribution in [2.75, 3.05) is 45.2 Å². The van der Waals surface area contributed by atoms with Crippen LogP contribution in [0.3, 0.4) is 0 Å². The number of aromatic nitrogens is 4. The maximum Gasteiger partial charge on any atom is 0.330 e. The number of benzene rings is 1. The fraction of sp³-hybridized carbons (Fsp3) is 0.522. The molecule has 1 unspecified atom stereocenters. The number of ether oxygens (including phenoxy) is 1. The Balaban J connectivity index is 1.72. The molecule has 0 bridgehead atoms. The van der Waals surface area contributed by atoms with Gasteiger partial charge >= 0.3 is 5.69 Å². The van der Waals surface area contributed by atoms with Gasteiger partial charge in [-0.05, 0) is 30.5 Å². The molecular weight excluding hydrogens is 406 g/mol. The molecule has 0 spiro atoms. The highest BCUT2D eigenvalue weighted by atomic mass is 16.5. The Morgan fingerprint density at radius 2 is 2.09 bits per heavy atom. The fourth-order valence-corrected chi connectivity index (χ4v) is 4.34. The minimum absolute atomic E-state index is 0.0459. The summed E-state index contributed by atoms with van der Waals surface area (Å²) in [6.07, 6.45) is 4.83. The molecule has 2 aromatic heterocycles. The van der Waals surface area contributed by atoms with Crippen LogP contribution in [0, 0.1) is 0 Å². The van der Waals surface area contributed by atoms with E-state index in [9.17, 15) is 4.79 Å². The molecule has 0 saturated carbocycles. The van der Waals surface area contributed by atoms with Gasteiger partial charge in [-0.1, -0.05) is 25.5 Å². The van der Waals surface area contributed by atoms with Gasteiger partial charge in [0.2, 0.25) is 5.95 Å². The number of nitrogens with two attached hydrogens (primary N) is 1. The minimum Gasteiger partial charge on any atom is -0.497 e. The molecule has 9 heteroatoms. The lowest BCUT2D eigenvalue weighted by Gasteiger charge is -2.15. The summed E-state index contributed by atoms with van der Waals surface area (Å²) in [5, 5.41) is 3.28. The Morgan fingerprint density at radius 1 is 1.28 bits per heavy atom. The molecule has 0 radical (unpaired) electrons. The molecule has 3 heterocycles. The van der Waals surface area contributed by atoms with Gasteiger partial charge in [0.15, 0.2) is 5.65 Å². The summed E-state index contributed by atoms with van der Waals surface area (Å²) in [6.45, 7) is 6.62. The predicted octanol–water partition coefficient (Wildman–Crippen LogP) is 2.07. The lowest BCUT2D eigenvalue weighted by Crippen LogP contribution is -2.31. The Kier molecular flexibility index (Phi) is 7.06. The van der Waals surface area contributed by atoms with E-state index in [1.165, 1.54) is 0 Å². The van der Waals surface area contributed by atoms with Crippen molar-refractivity contribution in [2.45, 2.75) is 38.8 Å². The van der Waals surface area contributed by atoms with Gasteiger partial charge in [0.05, 0.1) is 25.9 Å². The van der Waals surface area contributed by atoms with Crippen molar-refractivity contribution in [3.63, 3.8) is 0 Å². The van der Waals surface area contributed by atoms with Crippen LogP contribution in [0.2, 0.25) is 0 Å². The standard InChI is InChI=1S/C23H33N7O2/c1-3-4-11-25-22-26-14-20-21(27-22)29(15-17-5-7-19(32-2)8-6-17)23(31)30(20)18-9-12-28(16-18)13-10-24/h5-8,14,18H,3-4,9-13,15-16,24H2,1-2H3,(H,25,26,27). The summed E-state index contributed by atoms with van der Waals surface area (Å²) in [7, 11) is 1.65. The zero-order chi connectivity index (χ0) is 22.5. The van der Waals surface area contributed by atoms with Crippen molar-refractivity contribution in [2.24, 2.45) is 5.73 Å². The lowest BCUT2D eigenvalue weighted by molar-refractivity contribution is 0.332. The number of imidazole rings is 1. The predicted molar refractivity (Wildman–Crippen MR) is 126 cm³/mol. The van der Waals surface area contributed by atoms with Gasteiger partial charge in [-0.25, -0.2) is 9.78 Å². The van der Waals surface area contributed by atoms with Crippen LogP contribution in [0.5, 0.6) is 5.75 Å². The van der Waals surface area contributed by atoms with Gasteiger partial charge < -0.3 is 15.8 Å². The fourth-order valence-electron chi connectivity index (χ4n) is 4.34. The molecule has 1 aliphatic heterocycles. The first kappa shape index (κ1) is 22.3. The van der Waals surface area contributed by atoms with Crippen molar-refractivity contribution < 1.29 is 4.74 Å². The molecule has 4 rings (SSSR count). The van der Waals surface area contributed by atoms with Crippen molar-refractivity contribution in [1.82, 2.24) is 24.0 Å². The van der Waals surface area contributed by atoms with Crippen LogP contribution in [0.1, 0.15) is 37.8 Å². The topological polar surface area (TPSA) is 103 Å². The van der Waals surface area contributed by atoms with E-state index >= 15 is 0 Å². The summed E-state index contributed by atoms with van der Waals surface area (Å²) < 4.78 is 8.90. The largest absolute Gasteiger partial charge is 0.497 e. The second-order valence-electron chi connectivity index (χ2n) is 8.30. The number of hydrogen-bond acceptors (Lipinski definition) is 7. The third-order valence-electron chi connectivity index (χ3n) is 6.07. The summed E-state index contributed by atoms with van der Waals surface area (Å²) in [6, 6.07) is 7.88. The van der Waals surface area contributed by atoms with Crippen molar-refractivity contribution in [3.05, 3.63) is 46.5 Å². The molecule has 32 heavy (non-hydrogen) atoms. The smallest absolute Gasteiger partial charge is 0.330 e. The van der Waals surface area contributed by atoms with Crippen molar-refractivity contribution in [1.29, 1.82) is 0 Å². The molecule has 172 valence electrons. The Bertz CT molecular complexity index is 1090. The Hall–Kier alpha value is -2.91. The first-order valence-corrected chi connectivity index (χ1v) is 11.4. The monoisotopic (exact) mass is 439 g/mol. The molecule has 1 fully saturated rings. The van der Waals surface area contributed by atoms with E-state index in [-0.39, 0.29) is 11.7 Å². The summed E-state index contributed by atoms with van der Waals surface area (Å²) in [5.41, 5.74) is 8.16. The van der Waals surface area contributed by atoms with Crippen LogP contribution in [-0.2, 0) is 6.54 Å². The van der Waals surface area contributed by atoms with Crippen molar-refractivity contribution >= 4 is 17.1 Å². The minimum atomic E-state index is -0.0459. The zero-order valence-electron chi connectivity index (χ0n) is 19.0. The normalized spacial score (nSPS) is 16.7. The number of likely N-dealkylation sites (tertiary alicyclic amines) is 1. The molecule has 1 aromatic carbocycles. The van der Waals surface area contributed by atoms with E-state index in [1.807, 2.05) is 28.8 Å². The average Bonchev–Trinajstić information content (AvgIpc) is 3.37. The van der Waals surface area contributed by atoms with Crippen LogP contribution in [0.4, 0.5) is 5.95 Å². The maximum absolute atomic E-state index is 13.6. The van der Waals surface area contributed by atoms with Crippen LogP contribution in [0.15, 0.2) is 35.3 Å². The molecular formula is C23H33N7O2. The number of fused-ring (bicyclic) bond motifs is 1. The van der Waals surface area contributed by atoms with Gasteiger partial charge in [-0.2, -0.15) is 4.98 Å². The zero-order valence-corrected chi connectivity index (χ0v) is 19.0. The van der Waals surface area contributed by atoms with E-state index in [4.69, 9.17) is 15.5 Å². The molecule has 1 aliphatic rings. The molecule has 1 saturated heterocycles. The van der Waals surface area contributed by atoms with Crippen LogP contribution in [0.25, 0.3) is 11.2 Å². The SMILES string of the molecule is CCCCNc1ncc2c(n1)n(Cc1ccc(OC)cc1)c(=O)n2C1CCN(CCN)C1. The maximum atomic E-state index is 13.6. The highest BCUT2D eigenvalue weighted by Crippen LogP contribution is 2.25. The second kappa shape index (κ2) is 10.1. The molecule has 3 aromatic rings. The first-order valence-electron chi connectivity index (χ1n) is 11.4.